The van der Waals surface area contributed by atoms with Crippen LogP contribution in [0.2, 0.25) is 0 Å². The highest BCUT2D eigenvalue weighted by Crippen LogP contribution is 2.23. The minimum atomic E-state index is -0.0783. The third-order valence-corrected chi connectivity index (χ3v) is 3.76. The van der Waals surface area contributed by atoms with Crippen LogP contribution in [0.5, 0.6) is 0 Å². The predicted molar refractivity (Wildman–Crippen MR) is 83.5 cm³/mol. The molecule has 5 nitrogen and oxygen atoms in total. The molecule has 1 aliphatic rings. The molecule has 0 saturated carbocycles. The zero-order valence-corrected chi connectivity index (χ0v) is 12.7. The van der Waals surface area contributed by atoms with Gasteiger partial charge in [-0.3, -0.25) is 9.59 Å². The summed E-state index contributed by atoms with van der Waals surface area (Å²) >= 11 is 0. The van der Waals surface area contributed by atoms with Crippen LogP contribution < -0.4 is 10.6 Å². The number of carbonyl (C=O) groups is 2. The number of nitrogens with one attached hydrogen (secondary N) is 2. The van der Waals surface area contributed by atoms with Gasteiger partial charge in [-0.05, 0) is 38.4 Å². The number of aryl methyl sites for hydroxylation is 1. The smallest absolute Gasteiger partial charge is 0.256 e. The topological polar surface area (TPSA) is 61.4 Å². The summed E-state index contributed by atoms with van der Waals surface area (Å²) in [4.78, 5) is 26.4. The van der Waals surface area contributed by atoms with E-state index in [1.807, 2.05) is 31.0 Å². The van der Waals surface area contributed by atoms with E-state index in [1.165, 1.54) is 0 Å². The largest absolute Gasteiger partial charge is 0.339 e. The van der Waals surface area contributed by atoms with Crippen molar-refractivity contribution < 1.29 is 9.59 Å². The SMILES string of the molecule is CNCCC(=O)Nc1cccc(C)c1C(=O)N1CCCC1. The van der Waals surface area contributed by atoms with E-state index in [4.69, 9.17) is 0 Å². The fourth-order valence-corrected chi connectivity index (χ4v) is 2.59. The van der Waals surface area contributed by atoms with E-state index in [2.05, 4.69) is 10.6 Å². The van der Waals surface area contributed by atoms with E-state index in [1.54, 1.807) is 6.07 Å². The van der Waals surface area contributed by atoms with Gasteiger partial charge in [-0.25, -0.2) is 0 Å². The molecule has 0 spiro atoms. The maximum atomic E-state index is 12.6. The summed E-state index contributed by atoms with van der Waals surface area (Å²) in [5.74, 6) is -0.0556. The van der Waals surface area contributed by atoms with Crippen molar-refractivity contribution in [1.82, 2.24) is 10.2 Å². The van der Waals surface area contributed by atoms with Crippen LogP contribution in [-0.2, 0) is 4.79 Å². The third kappa shape index (κ3) is 3.82. The predicted octanol–water partition coefficient (Wildman–Crippen LogP) is 1.78. The zero-order chi connectivity index (χ0) is 15.2. The lowest BCUT2D eigenvalue weighted by atomic mass is 10.0. The van der Waals surface area contributed by atoms with Gasteiger partial charge in [0.1, 0.15) is 0 Å². The van der Waals surface area contributed by atoms with E-state index < -0.39 is 0 Å². The Morgan fingerprint density at radius 2 is 1.95 bits per heavy atom. The molecule has 0 radical (unpaired) electrons. The Kier molecular flexibility index (Phi) is 5.33. The molecule has 1 aromatic rings. The molecule has 0 aliphatic carbocycles. The summed E-state index contributed by atoms with van der Waals surface area (Å²) in [6, 6.07) is 5.57. The molecule has 1 aromatic carbocycles. The molecular formula is C16H23N3O2. The van der Waals surface area contributed by atoms with Gasteiger partial charge >= 0.3 is 0 Å². The van der Waals surface area contributed by atoms with Crippen LogP contribution in [0.15, 0.2) is 18.2 Å². The van der Waals surface area contributed by atoms with Crippen LogP contribution in [0.1, 0.15) is 35.2 Å². The lowest BCUT2D eigenvalue weighted by Crippen LogP contribution is -2.29. The molecule has 114 valence electrons. The Labute approximate surface area is 125 Å². The van der Waals surface area contributed by atoms with Crippen molar-refractivity contribution in [2.75, 3.05) is 32.0 Å². The second-order valence-corrected chi connectivity index (χ2v) is 5.40. The first-order valence-corrected chi connectivity index (χ1v) is 7.47. The maximum Gasteiger partial charge on any atom is 0.256 e. The molecule has 21 heavy (non-hydrogen) atoms. The first-order valence-electron chi connectivity index (χ1n) is 7.47. The zero-order valence-electron chi connectivity index (χ0n) is 12.7. The van der Waals surface area contributed by atoms with Crippen LogP contribution >= 0.6 is 0 Å². The first kappa shape index (κ1) is 15.5. The minimum Gasteiger partial charge on any atom is -0.339 e. The summed E-state index contributed by atoms with van der Waals surface area (Å²) in [6.07, 6.45) is 2.50. The summed E-state index contributed by atoms with van der Waals surface area (Å²) in [5.41, 5.74) is 2.14. The number of benzene rings is 1. The molecule has 0 bridgehead atoms. The fraction of sp³-hybridized carbons (Fsp3) is 0.500. The Bertz CT molecular complexity index is 522. The fourth-order valence-electron chi connectivity index (χ4n) is 2.59. The van der Waals surface area contributed by atoms with Crippen LogP contribution in [0, 0.1) is 6.92 Å². The van der Waals surface area contributed by atoms with Crippen molar-refractivity contribution in [3.05, 3.63) is 29.3 Å². The molecule has 2 N–H and O–H groups in total. The number of amides is 2. The van der Waals surface area contributed by atoms with Gasteiger partial charge in [0.25, 0.3) is 5.91 Å². The van der Waals surface area contributed by atoms with Crippen molar-refractivity contribution in [3.63, 3.8) is 0 Å². The number of rotatable bonds is 5. The lowest BCUT2D eigenvalue weighted by Gasteiger charge is -2.19. The van der Waals surface area contributed by atoms with E-state index in [9.17, 15) is 9.59 Å². The quantitative estimate of drug-likeness (QED) is 0.868. The monoisotopic (exact) mass is 289 g/mol. The van der Waals surface area contributed by atoms with Gasteiger partial charge in [-0.15, -0.1) is 0 Å². The summed E-state index contributed by atoms with van der Waals surface area (Å²) in [6.45, 7) is 4.14. The molecule has 0 atom stereocenters. The van der Waals surface area contributed by atoms with Crippen molar-refractivity contribution in [1.29, 1.82) is 0 Å². The highest BCUT2D eigenvalue weighted by Gasteiger charge is 2.23. The normalized spacial score (nSPS) is 14.3. The molecule has 2 amide bonds. The molecular weight excluding hydrogens is 266 g/mol. The number of hydrogen-bond donors (Lipinski definition) is 2. The van der Waals surface area contributed by atoms with Gasteiger partial charge in [0.2, 0.25) is 5.91 Å². The summed E-state index contributed by atoms with van der Waals surface area (Å²) in [7, 11) is 1.81. The number of hydrogen-bond acceptors (Lipinski definition) is 3. The summed E-state index contributed by atoms with van der Waals surface area (Å²) < 4.78 is 0. The minimum absolute atomic E-state index is 0.0227. The third-order valence-electron chi connectivity index (χ3n) is 3.76. The van der Waals surface area contributed by atoms with Gasteiger partial charge < -0.3 is 15.5 Å². The molecule has 0 unspecified atom stereocenters. The molecule has 1 heterocycles. The van der Waals surface area contributed by atoms with Crippen LogP contribution in [-0.4, -0.2) is 43.4 Å². The standard InChI is InChI=1S/C16H23N3O2/c1-12-6-5-7-13(18-14(20)8-9-17-2)15(12)16(21)19-10-3-4-11-19/h5-7,17H,3-4,8-11H2,1-2H3,(H,18,20). The Morgan fingerprint density at radius 3 is 2.62 bits per heavy atom. The van der Waals surface area contributed by atoms with Gasteiger partial charge in [-0.2, -0.15) is 0 Å². The Morgan fingerprint density at radius 1 is 1.24 bits per heavy atom. The van der Waals surface area contributed by atoms with Crippen molar-refractivity contribution in [2.24, 2.45) is 0 Å². The van der Waals surface area contributed by atoms with Gasteiger partial charge in [0.15, 0.2) is 0 Å². The van der Waals surface area contributed by atoms with Gasteiger partial charge in [-0.1, -0.05) is 12.1 Å². The summed E-state index contributed by atoms with van der Waals surface area (Å²) in [5, 5.41) is 5.81. The van der Waals surface area contributed by atoms with Crippen molar-refractivity contribution in [2.45, 2.75) is 26.2 Å². The molecule has 1 fully saturated rings. The average Bonchev–Trinajstić information content (AvgIpc) is 2.99. The molecule has 1 saturated heterocycles. The lowest BCUT2D eigenvalue weighted by molar-refractivity contribution is -0.116. The van der Waals surface area contributed by atoms with Crippen molar-refractivity contribution >= 4 is 17.5 Å². The van der Waals surface area contributed by atoms with Crippen LogP contribution in [0.4, 0.5) is 5.69 Å². The van der Waals surface area contributed by atoms with Crippen LogP contribution in [0.3, 0.4) is 0 Å². The molecule has 5 heteroatoms. The highest BCUT2D eigenvalue weighted by atomic mass is 16.2. The second-order valence-electron chi connectivity index (χ2n) is 5.40. The Hall–Kier alpha value is -1.88. The van der Waals surface area contributed by atoms with Gasteiger partial charge in [0, 0.05) is 26.1 Å². The van der Waals surface area contributed by atoms with Gasteiger partial charge in [0.05, 0.1) is 11.3 Å². The van der Waals surface area contributed by atoms with E-state index in [0.29, 0.717) is 24.2 Å². The molecule has 0 aromatic heterocycles. The molecule has 2 rings (SSSR count). The average molecular weight is 289 g/mol. The highest BCUT2D eigenvalue weighted by molar-refractivity contribution is 6.05. The van der Waals surface area contributed by atoms with E-state index in [-0.39, 0.29) is 11.8 Å². The van der Waals surface area contributed by atoms with Crippen LogP contribution in [0.25, 0.3) is 0 Å². The number of likely N-dealkylation sites (tertiary alicyclic amines) is 1. The maximum absolute atomic E-state index is 12.6. The number of anilines is 1. The first-order chi connectivity index (χ1) is 10.1. The Balaban J connectivity index is 2.19. The number of carbonyl (C=O) groups excluding carboxylic acids is 2. The van der Waals surface area contributed by atoms with E-state index >= 15 is 0 Å². The van der Waals surface area contributed by atoms with Crippen molar-refractivity contribution in [3.8, 4) is 0 Å². The second kappa shape index (κ2) is 7.22. The van der Waals surface area contributed by atoms with E-state index in [0.717, 1.165) is 31.5 Å². The molecule has 1 aliphatic heterocycles. The number of nitrogens with zero attached hydrogens (tertiary/aromatic N) is 1.